The first-order chi connectivity index (χ1) is 7.22. The molecule has 0 radical (unpaired) electrons. The Bertz CT molecular complexity index is 270. The Labute approximate surface area is 96.7 Å². The Morgan fingerprint density at radius 3 is 2.73 bits per heavy atom. The van der Waals surface area contributed by atoms with E-state index < -0.39 is 0 Å². The maximum Gasteiger partial charge on any atom is 0.0812 e. The molecule has 0 fully saturated rings. The molecule has 3 heteroatoms. The Hall–Kier alpha value is -0.380. The smallest absolute Gasteiger partial charge is 0.0812 e. The van der Waals surface area contributed by atoms with E-state index in [2.05, 4.69) is 38.2 Å². The highest BCUT2D eigenvalue weighted by Gasteiger charge is 2.01. The van der Waals surface area contributed by atoms with E-state index in [9.17, 15) is 0 Å². The summed E-state index contributed by atoms with van der Waals surface area (Å²) in [7, 11) is 0. The highest BCUT2D eigenvalue weighted by atomic mass is 32.1. The lowest BCUT2D eigenvalue weighted by atomic mass is 10.4. The number of ether oxygens (including phenoxy) is 1. The highest BCUT2D eigenvalue weighted by Crippen LogP contribution is 2.17. The monoisotopic (exact) mass is 227 g/mol. The van der Waals surface area contributed by atoms with E-state index in [4.69, 9.17) is 4.74 Å². The molecule has 2 nitrogen and oxygen atoms in total. The molecular weight excluding hydrogens is 206 g/mol. The zero-order valence-corrected chi connectivity index (χ0v) is 10.7. The summed E-state index contributed by atoms with van der Waals surface area (Å²) in [5, 5.41) is 3.40. The lowest BCUT2D eigenvalue weighted by Crippen LogP contribution is -2.12. The normalized spacial score (nSPS) is 11.2. The average Bonchev–Trinajstić information content (AvgIpc) is 2.63. The number of hydrogen-bond donors (Lipinski definition) is 1. The predicted molar refractivity (Wildman–Crippen MR) is 66.2 cm³/mol. The van der Waals surface area contributed by atoms with Gasteiger partial charge in [-0.25, -0.2) is 0 Å². The lowest BCUT2D eigenvalue weighted by molar-refractivity contribution is 0.0674. The molecular formula is C12H21NOS. The Morgan fingerprint density at radius 2 is 2.07 bits per heavy atom. The number of rotatable bonds is 7. The van der Waals surface area contributed by atoms with Gasteiger partial charge >= 0.3 is 0 Å². The summed E-state index contributed by atoms with van der Waals surface area (Å²) in [5.41, 5.74) is 0. The van der Waals surface area contributed by atoms with Crippen LogP contribution in [0.1, 0.15) is 36.9 Å². The second-order valence-corrected chi connectivity index (χ2v) is 5.16. The Morgan fingerprint density at radius 1 is 1.33 bits per heavy atom. The van der Waals surface area contributed by atoms with Crippen LogP contribution in [0.2, 0.25) is 0 Å². The summed E-state index contributed by atoms with van der Waals surface area (Å²) in [6.45, 7) is 9.14. The molecule has 1 rings (SSSR count). The van der Waals surface area contributed by atoms with Crippen LogP contribution in [0, 0.1) is 0 Å². The standard InChI is InChI=1S/C12H21NOS/c1-4-7-13-8-11-5-6-12(15-11)9-14-10(2)3/h5-6,10,13H,4,7-9H2,1-3H3. The number of hydrogen-bond acceptors (Lipinski definition) is 3. The fourth-order valence-electron chi connectivity index (χ4n) is 1.23. The average molecular weight is 227 g/mol. The van der Waals surface area contributed by atoms with Crippen LogP contribution in [0.15, 0.2) is 12.1 Å². The van der Waals surface area contributed by atoms with E-state index >= 15 is 0 Å². The van der Waals surface area contributed by atoms with Crippen molar-refractivity contribution in [2.24, 2.45) is 0 Å². The quantitative estimate of drug-likeness (QED) is 0.722. The zero-order chi connectivity index (χ0) is 11.1. The third kappa shape index (κ3) is 5.30. The highest BCUT2D eigenvalue weighted by molar-refractivity contribution is 7.11. The van der Waals surface area contributed by atoms with Crippen molar-refractivity contribution >= 4 is 11.3 Å². The van der Waals surface area contributed by atoms with Gasteiger partial charge in [0.15, 0.2) is 0 Å². The van der Waals surface area contributed by atoms with Gasteiger partial charge in [-0.1, -0.05) is 6.92 Å². The molecule has 0 atom stereocenters. The topological polar surface area (TPSA) is 21.3 Å². The minimum absolute atomic E-state index is 0.314. The molecule has 0 bridgehead atoms. The third-order valence-corrected chi connectivity index (χ3v) is 3.06. The molecule has 1 aromatic rings. The molecule has 0 unspecified atom stereocenters. The van der Waals surface area contributed by atoms with E-state index in [1.807, 2.05) is 11.3 Å². The summed E-state index contributed by atoms with van der Waals surface area (Å²) >= 11 is 1.84. The molecule has 1 aromatic heterocycles. The molecule has 0 aliphatic carbocycles. The van der Waals surface area contributed by atoms with Crippen molar-refractivity contribution in [3.63, 3.8) is 0 Å². The van der Waals surface area contributed by atoms with Crippen LogP contribution in [0.3, 0.4) is 0 Å². The van der Waals surface area contributed by atoms with Gasteiger partial charge in [-0.2, -0.15) is 0 Å². The van der Waals surface area contributed by atoms with Crippen LogP contribution in [0.25, 0.3) is 0 Å². The van der Waals surface area contributed by atoms with E-state index in [-0.39, 0.29) is 0 Å². The molecule has 86 valence electrons. The van der Waals surface area contributed by atoms with Crippen molar-refractivity contribution in [1.82, 2.24) is 5.32 Å². The van der Waals surface area contributed by atoms with Gasteiger partial charge in [0.1, 0.15) is 0 Å². The van der Waals surface area contributed by atoms with Gasteiger partial charge < -0.3 is 10.1 Å². The second-order valence-electron chi connectivity index (χ2n) is 3.90. The third-order valence-electron chi connectivity index (χ3n) is 2.00. The van der Waals surface area contributed by atoms with Gasteiger partial charge in [-0.15, -0.1) is 11.3 Å². The van der Waals surface area contributed by atoms with Crippen molar-refractivity contribution in [1.29, 1.82) is 0 Å². The summed E-state index contributed by atoms with van der Waals surface area (Å²) < 4.78 is 5.56. The number of nitrogens with one attached hydrogen (secondary N) is 1. The molecule has 0 saturated heterocycles. The van der Waals surface area contributed by atoms with Gasteiger partial charge in [0.2, 0.25) is 0 Å². The van der Waals surface area contributed by atoms with Gasteiger partial charge in [0, 0.05) is 16.3 Å². The molecule has 0 spiro atoms. The fraction of sp³-hybridized carbons (Fsp3) is 0.667. The van der Waals surface area contributed by atoms with Crippen molar-refractivity contribution in [3.05, 3.63) is 21.9 Å². The molecule has 0 aromatic carbocycles. The largest absolute Gasteiger partial charge is 0.373 e. The van der Waals surface area contributed by atoms with Gasteiger partial charge in [0.25, 0.3) is 0 Å². The Balaban J connectivity index is 2.29. The van der Waals surface area contributed by atoms with Crippen LogP contribution < -0.4 is 5.32 Å². The van der Waals surface area contributed by atoms with Crippen molar-refractivity contribution in [2.75, 3.05) is 6.54 Å². The Kier molecular flexibility index (Phi) is 5.91. The molecule has 1 N–H and O–H groups in total. The van der Waals surface area contributed by atoms with Crippen LogP contribution in [-0.2, 0) is 17.9 Å². The van der Waals surface area contributed by atoms with Gasteiger partial charge in [0.05, 0.1) is 12.7 Å². The van der Waals surface area contributed by atoms with E-state index in [1.54, 1.807) is 0 Å². The molecule has 0 saturated carbocycles. The van der Waals surface area contributed by atoms with Crippen molar-refractivity contribution in [2.45, 2.75) is 46.4 Å². The van der Waals surface area contributed by atoms with Crippen molar-refractivity contribution in [3.8, 4) is 0 Å². The van der Waals surface area contributed by atoms with Crippen molar-refractivity contribution < 1.29 is 4.74 Å². The first-order valence-corrected chi connectivity index (χ1v) is 6.44. The SMILES string of the molecule is CCCNCc1ccc(COC(C)C)s1. The number of thiophene rings is 1. The lowest BCUT2D eigenvalue weighted by Gasteiger charge is -2.04. The maximum atomic E-state index is 5.56. The predicted octanol–water partition coefficient (Wildman–Crippen LogP) is 3.17. The molecule has 0 aliphatic heterocycles. The summed E-state index contributed by atoms with van der Waals surface area (Å²) in [5.74, 6) is 0. The zero-order valence-electron chi connectivity index (χ0n) is 9.88. The first-order valence-electron chi connectivity index (χ1n) is 5.62. The van der Waals surface area contributed by atoms with Gasteiger partial charge in [-0.05, 0) is 38.9 Å². The summed E-state index contributed by atoms with van der Waals surface area (Å²) in [6.07, 6.45) is 1.50. The minimum Gasteiger partial charge on any atom is -0.373 e. The molecule has 0 amide bonds. The van der Waals surface area contributed by atoms with E-state index in [1.165, 1.54) is 16.2 Å². The minimum atomic E-state index is 0.314. The molecule has 15 heavy (non-hydrogen) atoms. The summed E-state index contributed by atoms with van der Waals surface area (Å²) in [6, 6.07) is 4.35. The molecule has 0 aliphatic rings. The second kappa shape index (κ2) is 6.99. The molecule has 1 heterocycles. The van der Waals surface area contributed by atoms with E-state index in [0.29, 0.717) is 6.10 Å². The summed E-state index contributed by atoms with van der Waals surface area (Å²) in [4.78, 5) is 2.71. The van der Waals surface area contributed by atoms with Crippen LogP contribution in [-0.4, -0.2) is 12.6 Å². The van der Waals surface area contributed by atoms with Crippen LogP contribution >= 0.6 is 11.3 Å². The van der Waals surface area contributed by atoms with E-state index in [0.717, 1.165) is 19.7 Å². The van der Waals surface area contributed by atoms with Crippen LogP contribution in [0.5, 0.6) is 0 Å². The fourth-order valence-corrected chi connectivity index (χ4v) is 2.14. The maximum absolute atomic E-state index is 5.56. The van der Waals surface area contributed by atoms with Crippen LogP contribution in [0.4, 0.5) is 0 Å². The first kappa shape index (κ1) is 12.7. The van der Waals surface area contributed by atoms with Gasteiger partial charge in [-0.3, -0.25) is 0 Å².